The van der Waals surface area contributed by atoms with E-state index in [4.69, 9.17) is 0 Å². The van der Waals surface area contributed by atoms with E-state index in [1.54, 1.807) is 0 Å². The van der Waals surface area contributed by atoms with Crippen LogP contribution in [0.1, 0.15) is 132 Å². The van der Waals surface area contributed by atoms with Crippen LogP contribution in [-0.2, 0) is 0 Å². The largest absolute Gasteiger partial charge is 0.318 e. The van der Waals surface area contributed by atoms with Crippen LogP contribution in [0, 0.1) is 0 Å². The lowest BCUT2D eigenvalue weighted by molar-refractivity contribution is -0.985. The average molecular weight is 355 g/mol. The van der Waals surface area contributed by atoms with Crippen LogP contribution in [0.2, 0.25) is 0 Å². The van der Waals surface area contributed by atoms with Crippen molar-refractivity contribution in [2.75, 3.05) is 6.54 Å². The molecule has 0 aliphatic carbocycles. The van der Waals surface area contributed by atoms with E-state index in [1.807, 2.05) is 0 Å². The van der Waals surface area contributed by atoms with E-state index in [1.165, 1.54) is 94.5 Å². The highest BCUT2D eigenvalue weighted by molar-refractivity contribution is 4.59. The first-order valence-electron chi connectivity index (χ1n) is 11.8. The molecule has 0 unspecified atom stereocenters. The van der Waals surface area contributed by atoms with E-state index < -0.39 is 0 Å². The van der Waals surface area contributed by atoms with E-state index in [-0.39, 0.29) is 0 Å². The summed E-state index contributed by atoms with van der Waals surface area (Å²) in [5, 5.41) is 0. The molecular formula is C24H52N+. The maximum atomic E-state index is 2.42. The molecule has 1 heteroatoms. The lowest BCUT2D eigenvalue weighted by Gasteiger charge is -2.49. The summed E-state index contributed by atoms with van der Waals surface area (Å²) < 4.78 is 1.29. The summed E-state index contributed by atoms with van der Waals surface area (Å²) >= 11 is 0. The Morgan fingerprint density at radius 1 is 0.440 bits per heavy atom. The van der Waals surface area contributed by atoms with Gasteiger partial charge in [-0.3, -0.25) is 0 Å². The van der Waals surface area contributed by atoms with Gasteiger partial charge in [-0.05, 0) is 54.4 Å². The van der Waals surface area contributed by atoms with Gasteiger partial charge in [-0.15, -0.1) is 0 Å². The zero-order chi connectivity index (χ0) is 19.1. The fraction of sp³-hybridized carbons (Fsp3) is 1.00. The fourth-order valence-electron chi connectivity index (χ4n) is 4.97. The standard InChI is InChI=1S/C24H52N/c1-8-9-10-11-12-13-14-15-16-17-18-19-20-21-25(22(2)3,23(4)5)24(6)7/h22-24H,8-21H2,1-7H3/q+1. The number of quaternary nitrogens is 1. The van der Waals surface area contributed by atoms with Crippen LogP contribution in [0.3, 0.4) is 0 Å². The molecule has 25 heavy (non-hydrogen) atoms. The predicted octanol–water partition coefficient (Wildman–Crippen LogP) is 8.12. The van der Waals surface area contributed by atoms with Crippen molar-refractivity contribution in [1.82, 2.24) is 0 Å². The van der Waals surface area contributed by atoms with Gasteiger partial charge in [0.2, 0.25) is 0 Å². The first-order chi connectivity index (χ1) is 11.9. The SMILES string of the molecule is CCCCCCCCCCCCCCC[N+](C(C)C)(C(C)C)C(C)C. The van der Waals surface area contributed by atoms with Crippen LogP contribution >= 0.6 is 0 Å². The Bertz CT molecular complexity index is 258. The minimum Gasteiger partial charge on any atom is -0.318 e. The fourth-order valence-corrected chi connectivity index (χ4v) is 4.97. The molecule has 0 amide bonds. The van der Waals surface area contributed by atoms with Crippen molar-refractivity contribution in [3.63, 3.8) is 0 Å². The van der Waals surface area contributed by atoms with Crippen molar-refractivity contribution >= 4 is 0 Å². The van der Waals surface area contributed by atoms with Crippen molar-refractivity contribution in [2.24, 2.45) is 0 Å². The third-order valence-corrected chi connectivity index (χ3v) is 6.53. The van der Waals surface area contributed by atoms with Gasteiger partial charge in [0.1, 0.15) is 0 Å². The van der Waals surface area contributed by atoms with Crippen LogP contribution < -0.4 is 0 Å². The monoisotopic (exact) mass is 354 g/mol. The summed E-state index contributed by atoms with van der Waals surface area (Å²) in [6.45, 7) is 18.2. The molecule has 0 spiro atoms. The van der Waals surface area contributed by atoms with Crippen LogP contribution in [-0.4, -0.2) is 29.2 Å². The lowest BCUT2D eigenvalue weighted by Crippen LogP contribution is -2.62. The maximum absolute atomic E-state index is 2.42. The second-order valence-electron chi connectivity index (χ2n) is 9.24. The van der Waals surface area contributed by atoms with E-state index in [2.05, 4.69) is 48.5 Å². The molecule has 0 aromatic rings. The number of hydrogen-bond acceptors (Lipinski definition) is 0. The topological polar surface area (TPSA) is 0 Å². The van der Waals surface area contributed by atoms with Crippen LogP contribution in [0.25, 0.3) is 0 Å². The highest BCUT2D eigenvalue weighted by Crippen LogP contribution is 2.26. The van der Waals surface area contributed by atoms with Gasteiger partial charge in [0.05, 0.1) is 24.7 Å². The summed E-state index contributed by atoms with van der Waals surface area (Å²) in [6, 6.07) is 2.20. The number of rotatable bonds is 17. The highest BCUT2D eigenvalue weighted by Gasteiger charge is 2.37. The molecule has 0 N–H and O–H groups in total. The molecule has 0 atom stereocenters. The van der Waals surface area contributed by atoms with Crippen molar-refractivity contribution in [3.05, 3.63) is 0 Å². The van der Waals surface area contributed by atoms with Gasteiger partial charge in [-0.1, -0.05) is 77.6 Å². The molecular weight excluding hydrogens is 302 g/mol. The molecule has 0 aliphatic heterocycles. The molecule has 0 saturated heterocycles. The van der Waals surface area contributed by atoms with Gasteiger partial charge in [0.15, 0.2) is 0 Å². The maximum Gasteiger partial charge on any atom is 0.0837 e. The summed E-state index contributed by atoms with van der Waals surface area (Å²) in [4.78, 5) is 0. The molecule has 152 valence electrons. The minimum atomic E-state index is 0.734. The van der Waals surface area contributed by atoms with Gasteiger partial charge >= 0.3 is 0 Å². The Hall–Kier alpha value is -0.0400. The summed E-state index contributed by atoms with van der Waals surface area (Å²) in [5.41, 5.74) is 0. The van der Waals surface area contributed by atoms with Gasteiger partial charge in [-0.2, -0.15) is 0 Å². The molecule has 0 fully saturated rings. The Morgan fingerprint density at radius 2 is 0.720 bits per heavy atom. The number of nitrogens with zero attached hydrogens (tertiary/aromatic N) is 1. The smallest absolute Gasteiger partial charge is 0.0837 e. The van der Waals surface area contributed by atoms with Gasteiger partial charge in [0.25, 0.3) is 0 Å². The molecule has 1 nitrogen and oxygen atoms in total. The zero-order valence-corrected chi connectivity index (χ0v) is 19.1. The van der Waals surface area contributed by atoms with Crippen molar-refractivity contribution in [3.8, 4) is 0 Å². The van der Waals surface area contributed by atoms with Crippen molar-refractivity contribution in [1.29, 1.82) is 0 Å². The van der Waals surface area contributed by atoms with Crippen LogP contribution in [0.4, 0.5) is 0 Å². The van der Waals surface area contributed by atoms with E-state index >= 15 is 0 Å². The predicted molar refractivity (Wildman–Crippen MR) is 116 cm³/mol. The van der Waals surface area contributed by atoms with Gasteiger partial charge in [-0.25, -0.2) is 0 Å². The zero-order valence-electron chi connectivity index (χ0n) is 19.1. The average Bonchev–Trinajstić information content (AvgIpc) is 2.54. The second-order valence-corrected chi connectivity index (χ2v) is 9.24. The Balaban J connectivity index is 3.68. The van der Waals surface area contributed by atoms with Crippen molar-refractivity contribution in [2.45, 2.75) is 150 Å². The lowest BCUT2D eigenvalue weighted by atomic mass is 10.0. The minimum absolute atomic E-state index is 0.734. The quantitative estimate of drug-likeness (QED) is 0.183. The molecule has 0 aliphatic rings. The number of unbranched alkanes of at least 4 members (excludes halogenated alkanes) is 12. The highest BCUT2D eigenvalue weighted by atomic mass is 15.4. The summed E-state index contributed by atoms with van der Waals surface area (Å²) in [6.07, 6.45) is 18.8. The first kappa shape index (κ1) is 25.0. The van der Waals surface area contributed by atoms with E-state index in [0.717, 1.165) is 18.1 Å². The Morgan fingerprint density at radius 3 is 1.00 bits per heavy atom. The molecule has 0 rings (SSSR count). The molecule has 0 aromatic heterocycles. The van der Waals surface area contributed by atoms with Gasteiger partial charge < -0.3 is 4.48 Å². The molecule has 0 radical (unpaired) electrons. The Labute approximate surface area is 161 Å². The van der Waals surface area contributed by atoms with Crippen LogP contribution in [0.5, 0.6) is 0 Å². The second kappa shape index (κ2) is 15.1. The van der Waals surface area contributed by atoms with Crippen LogP contribution in [0.15, 0.2) is 0 Å². The molecule has 0 heterocycles. The number of hydrogen-bond donors (Lipinski definition) is 0. The van der Waals surface area contributed by atoms with E-state index in [0.29, 0.717) is 0 Å². The molecule has 0 bridgehead atoms. The van der Waals surface area contributed by atoms with E-state index in [9.17, 15) is 0 Å². The summed E-state index contributed by atoms with van der Waals surface area (Å²) in [5.74, 6) is 0. The summed E-state index contributed by atoms with van der Waals surface area (Å²) in [7, 11) is 0. The normalized spacial score (nSPS) is 12.7. The van der Waals surface area contributed by atoms with Gasteiger partial charge in [0, 0.05) is 0 Å². The molecule has 0 aromatic carbocycles. The Kier molecular flexibility index (Phi) is 15.0. The molecule has 0 saturated carbocycles. The van der Waals surface area contributed by atoms with Crippen molar-refractivity contribution < 1.29 is 4.48 Å². The first-order valence-corrected chi connectivity index (χ1v) is 11.8. The third-order valence-electron chi connectivity index (χ3n) is 6.53. The third kappa shape index (κ3) is 10.0.